The van der Waals surface area contributed by atoms with Crippen molar-refractivity contribution in [1.29, 1.82) is 0 Å². The van der Waals surface area contributed by atoms with E-state index in [-0.39, 0.29) is 5.91 Å². The van der Waals surface area contributed by atoms with Gasteiger partial charge in [0.25, 0.3) is 5.91 Å². The van der Waals surface area contributed by atoms with Gasteiger partial charge in [-0.3, -0.25) is 4.79 Å². The maximum atomic E-state index is 12.6. The second-order valence-corrected chi connectivity index (χ2v) is 6.53. The van der Waals surface area contributed by atoms with Gasteiger partial charge in [0, 0.05) is 28.3 Å². The molecule has 0 spiro atoms. The Labute approximate surface area is 150 Å². The van der Waals surface area contributed by atoms with Crippen molar-refractivity contribution in [3.63, 3.8) is 0 Å². The van der Waals surface area contributed by atoms with Crippen LogP contribution in [-0.4, -0.2) is 21.2 Å². The van der Waals surface area contributed by atoms with Gasteiger partial charge in [0.15, 0.2) is 0 Å². The Hall–Kier alpha value is -2.99. The molecule has 2 aromatic carbocycles. The molecule has 1 aliphatic carbocycles. The summed E-state index contributed by atoms with van der Waals surface area (Å²) in [6.45, 7) is 1.67. The Morgan fingerprint density at radius 2 is 2.04 bits per heavy atom. The average molecular weight is 349 g/mol. The number of carbonyl (C=O) groups excluding carboxylic acids is 1. The first-order chi connectivity index (χ1) is 12.6. The van der Waals surface area contributed by atoms with Crippen molar-refractivity contribution in [2.24, 2.45) is 0 Å². The molecule has 132 valence electrons. The average Bonchev–Trinajstić information content (AvgIpc) is 3.39. The highest BCUT2D eigenvalue weighted by molar-refractivity contribution is 6.05. The van der Waals surface area contributed by atoms with Crippen molar-refractivity contribution in [2.75, 3.05) is 5.32 Å². The molecule has 6 heteroatoms. The Balaban J connectivity index is 1.57. The molecular formula is C20H19N3O3. The van der Waals surface area contributed by atoms with E-state index in [0.29, 0.717) is 34.4 Å². The smallest absolute Gasteiger partial charge is 0.255 e. The van der Waals surface area contributed by atoms with Gasteiger partial charge in [-0.05, 0) is 38.0 Å². The van der Waals surface area contributed by atoms with Crippen LogP contribution in [0.15, 0.2) is 53.1 Å². The van der Waals surface area contributed by atoms with E-state index in [0.717, 1.165) is 18.4 Å². The van der Waals surface area contributed by atoms with Crippen molar-refractivity contribution >= 4 is 11.6 Å². The first-order valence-corrected chi connectivity index (χ1v) is 8.64. The van der Waals surface area contributed by atoms with E-state index < -0.39 is 6.10 Å². The number of nitrogens with zero attached hydrogens (tertiary/aromatic N) is 2. The molecule has 1 saturated carbocycles. The monoisotopic (exact) mass is 349 g/mol. The first kappa shape index (κ1) is 16.5. The summed E-state index contributed by atoms with van der Waals surface area (Å²) < 4.78 is 5.29. The first-order valence-electron chi connectivity index (χ1n) is 8.64. The van der Waals surface area contributed by atoms with Crippen LogP contribution in [0.4, 0.5) is 5.69 Å². The number of nitrogens with one attached hydrogen (secondary N) is 1. The maximum Gasteiger partial charge on any atom is 0.255 e. The molecule has 3 aromatic rings. The normalized spacial score (nSPS) is 14.8. The number of aliphatic hydroxyl groups is 1. The third-order valence-electron chi connectivity index (χ3n) is 4.41. The number of amides is 1. The summed E-state index contributed by atoms with van der Waals surface area (Å²) in [5.41, 5.74) is 2.48. The van der Waals surface area contributed by atoms with Crippen molar-refractivity contribution < 1.29 is 14.4 Å². The van der Waals surface area contributed by atoms with Crippen molar-refractivity contribution in [1.82, 2.24) is 10.1 Å². The lowest BCUT2D eigenvalue weighted by molar-refractivity contribution is 0.102. The molecule has 0 radical (unpaired) electrons. The number of benzene rings is 2. The standard InChI is InChI=1S/C20H19N3O3/c1-12(24)16-7-2-3-8-17(16)21-19(25)15-6-4-5-14(11-15)18-22-20(26-23-18)13-9-10-13/h2-8,11-13,24H,9-10H2,1H3,(H,21,25). The van der Waals surface area contributed by atoms with E-state index in [1.807, 2.05) is 18.2 Å². The van der Waals surface area contributed by atoms with E-state index in [2.05, 4.69) is 15.5 Å². The number of carbonyl (C=O) groups is 1. The summed E-state index contributed by atoms with van der Waals surface area (Å²) in [5.74, 6) is 1.29. The maximum absolute atomic E-state index is 12.6. The number of aromatic nitrogens is 2. The lowest BCUT2D eigenvalue weighted by Gasteiger charge is -2.13. The van der Waals surface area contributed by atoms with Gasteiger partial charge >= 0.3 is 0 Å². The van der Waals surface area contributed by atoms with E-state index in [9.17, 15) is 9.90 Å². The minimum absolute atomic E-state index is 0.258. The molecule has 1 unspecified atom stereocenters. The number of aliphatic hydroxyl groups excluding tert-OH is 1. The van der Waals surface area contributed by atoms with Crippen molar-refractivity contribution in [2.45, 2.75) is 31.8 Å². The second-order valence-electron chi connectivity index (χ2n) is 6.53. The lowest BCUT2D eigenvalue weighted by Crippen LogP contribution is -2.14. The van der Waals surface area contributed by atoms with Gasteiger partial charge in [0.2, 0.25) is 11.7 Å². The quantitative estimate of drug-likeness (QED) is 0.729. The largest absolute Gasteiger partial charge is 0.389 e. The molecule has 1 atom stereocenters. The molecule has 0 saturated heterocycles. The van der Waals surface area contributed by atoms with Gasteiger partial charge in [0.1, 0.15) is 0 Å². The van der Waals surface area contributed by atoms with Crippen LogP contribution in [0.2, 0.25) is 0 Å². The summed E-state index contributed by atoms with van der Waals surface area (Å²) >= 11 is 0. The van der Waals surface area contributed by atoms with E-state index in [4.69, 9.17) is 4.52 Å². The fraction of sp³-hybridized carbons (Fsp3) is 0.250. The molecule has 1 fully saturated rings. The SMILES string of the molecule is CC(O)c1ccccc1NC(=O)c1cccc(-c2noc(C3CC3)n2)c1. The predicted octanol–water partition coefficient (Wildman–Crippen LogP) is 3.92. The summed E-state index contributed by atoms with van der Waals surface area (Å²) in [4.78, 5) is 17.1. The summed E-state index contributed by atoms with van der Waals surface area (Å²) in [7, 11) is 0. The molecule has 0 bridgehead atoms. The highest BCUT2D eigenvalue weighted by atomic mass is 16.5. The summed E-state index contributed by atoms with van der Waals surface area (Å²) in [6.07, 6.45) is 1.51. The Morgan fingerprint density at radius 1 is 1.23 bits per heavy atom. The Kier molecular flexibility index (Phi) is 4.26. The Bertz CT molecular complexity index is 945. The fourth-order valence-corrected chi connectivity index (χ4v) is 2.82. The molecule has 1 aliphatic rings. The van der Waals surface area contributed by atoms with E-state index in [1.54, 1.807) is 37.3 Å². The minimum atomic E-state index is -0.669. The lowest BCUT2D eigenvalue weighted by atomic mass is 10.1. The van der Waals surface area contributed by atoms with Gasteiger partial charge in [0.05, 0.1) is 6.10 Å². The molecule has 1 amide bonds. The number of rotatable bonds is 5. The highest BCUT2D eigenvalue weighted by Gasteiger charge is 2.29. The summed E-state index contributed by atoms with van der Waals surface area (Å²) in [6, 6.07) is 14.3. The Morgan fingerprint density at radius 3 is 2.81 bits per heavy atom. The van der Waals surface area contributed by atoms with Crippen LogP contribution >= 0.6 is 0 Å². The zero-order valence-electron chi connectivity index (χ0n) is 14.3. The molecule has 2 N–H and O–H groups in total. The molecule has 0 aliphatic heterocycles. The van der Waals surface area contributed by atoms with Crippen LogP contribution in [0.1, 0.15) is 53.6 Å². The molecule has 26 heavy (non-hydrogen) atoms. The van der Waals surface area contributed by atoms with Gasteiger partial charge < -0.3 is 14.9 Å². The van der Waals surface area contributed by atoms with E-state index >= 15 is 0 Å². The zero-order valence-corrected chi connectivity index (χ0v) is 14.3. The van der Waals surface area contributed by atoms with Crippen LogP contribution in [0.25, 0.3) is 11.4 Å². The zero-order chi connectivity index (χ0) is 18.1. The van der Waals surface area contributed by atoms with Crippen LogP contribution in [-0.2, 0) is 0 Å². The fourth-order valence-electron chi connectivity index (χ4n) is 2.82. The topological polar surface area (TPSA) is 88.2 Å². The van der Waals surface area contributed by atoms with Gasteiger partial charge in [-0.15, -0.1) is 0 Å². The van der Waals surface area contributed by atoms with Crippen molar-refractivity contribution in [3.05, 3.63) is 65.5 Å². The molecule has 1 aromatic heterocycles. The van der Waals surface area contributed by atoms with Crippen LogP contribution in [0, 0.1) is 0 Å². The highest BCUT2D eigenvalue weighted by Crippen LogP contribution is 2.39. The second kappa shape index (κ2) is 6.72. The third-order valence-corrected chi connectivity index (χ3v) is 4.41. The molecule has 6 nitrogen and oxygen atoms in total. The van der Waals surface area contributed by atoms with Crippen LogP contribution in [0.5, 0.6) is 0 Å². The van der Waals surface area contributed by atoms with Gasteiger partial charge in [-0.1, -0.05) is 35.5 Å². The van der Waals surface area contributed by atoms with Crippen molar-refractivity contribution in [3.8, 4) is 11.4 Å². The van der Waals surface area contributed by atoms with Crippen LogP contribution < -0.4 is 5.32 Å². The van der Waals surface area contributed by atoms with Gasteiger partial charge in [-0.25, -0.2) is 0 Å². The number of anilines is 1. The molecule has 4 rings (SSSR count). The molecule has 1 heterocycles. The predicted molar refractivity (Wildman–Crippen MR) is 96.7 cm³/mol. The van der Waals surface area contributed by atoms with Crippen LogP contribution in [0.3, 0.4) is 0 Å². The summed E-state index contributed by atoms with van der Waals surface area (Å²) in [5, 5.41) is 16.7. The minimum Gasteiger partial charge on any atom is -0.389 e. The van der Waals surface area contributed by atoms with E-state index in [1.165, 1.54) is 0 Å². The third kappa shape index (κ3) is 3.36. The number of hydrogen-bond donors (Lipinski definition) is 2. The van der Waals surface area contributed by atoms with Gasteiger partial charge in [-0.2, -0.15) is 4.98 Å². The molecular weight excluding hydrogens is 330 g/mol. The number of para-hydroxylation sites is 1. The number of hydrogen-bond acceptors (Lipinski definition) is 5.